The summed E-state index contributed by atoms with van der Waals surface area (Å²) in [5, 5.41) is 9.06. The van der Waals surface area contributed by atoms with Gasteiger partial charge in [0.25, 0.3) is 11.9 Å². The molecule has 1 saturated heterocycles. The molecular formula is C23H24Cl2N6O2. The molecule has 8 nitrogen and oxygen atoms in total. The number of carbonyl (C=O) groups is 1. The zero-order valence-electron chi connectivity index (χ0n) is 18.3. The fraction of sp³-hybridized carbons (Fsp3) is 0.304. The summed E-state index contributed by atoms with van der Waals surface area (Å²) in [5.41, 5.74) is 3.71. The number of aryl methyl sites for hydroxylation is 1. The van der Waals surface area contributed by atoms with Gasteiger partial charge in [-0.1, -0.05) is 23.2 Å². The van der Waals surface area contributed by atoms with Gasteiger partial charge in [0.2, 0.25) is 0 Å². The van der Waals surface area contributed by atoms with Crippen LogP contribution in [0.15, 0.2) is 53.2 Å². The number of rotatable bonds is 3. The van der Waals surface area contributed by atoms with Gasteiger partial charge in [-0.3, -0.25) is 4.79 Å². The smallest absolute Gasteiger partial charge is 0.298 e. The molecule has 0 radical (unpaired) electrons. The lowest BCUT2D eigenvalue weighted by Gasteiger charge is -2.27. The molecule has 10 heteroatoms. The van der Waals surface area contributed by atoms with Crippen molar-refractivity contribution in [1.82, 2.24) is 24.9 Å². The summed E-state index contributed by atoms with van der Waals surface area (Å²) < 4.78 is 5.95. The highest BCUT2D eigenvalue weighted by molar-refractivity contribution is 6.31. The van der Waals surface area contributed by atoms with E-state index in [1.54, 1.807) is 24.5 Å². The summed E-state index contributed by atoms with van der Waals surface area (Å²) in [4.78, 5) is 23.7. The predicted octanol–water partition coefficient (Wildman–Crippen LogP) is 4.53. The van der Waals surface area contributed by atoms with E-state index in [9.17, 15) is 4.79 Å². The SMILES string of the molecule is Cc1ccc(-n2nccn2)c(C(=O)N2CCN(c3nc4cc(Cl)ccc4o3)CC[C@@H]2C)c1.Cl. The monoisotopic (exact) mass is 486 g/mol. The summed E-state index contributed by atoms with van der Waals surface area (Å²) in [6.45, 7) is 5.98. The van der Waals surface area contributed by atoms with Gasteiger partial charge in [0.1, 0.15) is 5.52 Å². The lowest BCUT2D eigenvalue weighted by Crippen LogP contribution is -2.40. The van der Waals surface area contributed by atoms with Gasteiger partial charge in [0.05, 0.1) is 23.6 Å². The molecule has 1 aliphatic rings. The summed E-state index contributed by atoms with van der Waals surface area (Å²) in [6.07, 6.45) is 4.01. The van der Waals surface area contributed by atoms with Crippen LogP contribution in [0.1, 0.15) is 29.3 Å². The topological polar surface area (TPSA) is 80.3 Å². The molecule has 1 atom stereocenters. The Bertz CT molecular complexity index is 1270. The highest BCUT2D eigenvalue weighted by Gasteiger charge is 2.29. The normalized spacial score (nSPS) is 16.5. The number of amides is 1. The molecule has 1 aliphatic heterocycles. The second-order valence-electron chi connectivity index (χ2n) is 8.07. The Labute approximate surface area is 202 Å². The second kappa shape index (κ2) is 9.41. The van der Waals surface area contributed by atoms with Crippen LogP contribution in [-0.2, 0) is 0 Å². The lowest BCUT2D eigenvalue weighted by molar-refractivity contribution is 0.0704. The number of aromatic nitrogens is 4. The van der Waals surface area contributed by atoms with E-state index in [1.165, 1.54) is 4.80 Å². The van der Waals surface area contributed by atoms with Crippen LogP contribution in [0.4, 0.5) is 6.01 Å². The molecule has 2 aromatic carbocycles. The quantitative estimate of drug-likeness (QED) is 0.423. The van der Waals surface area contributed by atoms with Crippen LogP contribution in [0.2, 0.25) is 5.02 Å². The maximum atomic E-state index is 13.6. The number of hydrogen-bond acceptors (Lipinski definition) is 6. The van der Waals surface area contributed by atoms with Crippen molar-refractivity contribution in [3.63, 3.8) is 0 Å². The number of hydrogen-bond donors (Lipinski definition) is 0. The zero-order chi connectivity index (χ0) is 22.2. The largest absolute Gasteiger partial charge is 0.423 e. The molecule has 0 N–H and O–H groups in total. The van der Waals surface area contributed by atoms with Gasteiger partial charge in [-0.05, 0) is 50.6 Å². The van der Waals surface area contributed by atoms with Crippen molar-refractivity contribution in [2.45, 2.75) is 26.3 Å². The third-order valence-corrected chi connectivity index (χ3v) is 6.08. The van der Waals surface area contributed by atoms with Gasteiger partial charge in [0.15, 0.2) is 5.58 Å². The lowest BCUT2D eigenvalue weighted by atomic mass is 10.1. The van der Waals surface area contributed by atoms with Crippen LogP contribution in [-0.4, -0.2) is 56.5 Å². The molecule has 33 heavy (non-hydrogen) atoms. The van der Waals surface area contributed by atoms with Crippen molar-refractivity contribution in [2.24, 2.45) is 0 Å². The highest BCUT2D eigenvalue weighted by atomic mass is 35.5. The van der Waals surface area contributed by atoms with Crippen LogP contribution in [0.25, 0.3) is 16.8 Å². The van der Waals surface area contributed by atoms with E-state index in [0.29, 0.717) is 41.0 Å². The van der Waals surface area contributed by atoms with E-state index in [-0.39, 0.29) is 24.4 Å². The van der Waals surface area contributed by atoms with Gasteiger partial charge in [0, 0.05) is 30.7 Å². The summed E-state index contributed by atoms with van der Waals surface area (Å²) in [7, 11) is 0. The number of carbonyl (C=O) groups excluding carboxylic acids is 1. The second-order valence-corrected chi connectivity index (χ2v) is 8.51. The molecule has 2 aromatic heterocycles. The van der Waals surface area contributed by atoms with Crippen LogP contribution in [0.3, 0.4) is 0 Å². The molecule has 0 aliphatic carbocycles. The standard InChI is InChI=1S/C23H23ClN6O2.ClH/c1-15-3-5-20(30-25-8-9-26-30)18(13-15)22(31)29-12-11-28(10-7-16(29)2)23-27-19-14-17(24)4-6-21(19)32-23;/h3-6,8-9,13-14,16H,7,10-12H2,1-2H3;1H/t16-;/m0./s1. The number of nitrogens with zero attached hydrogens (tertiary/aromatic N) is 6. The number of fused-ring (bicyclic) bond motifs is 1. The molecule has 3 heterocycles. The van der Waals surface area contributed by atoms with Crippen LogP contribution < -0.4 is 4.90 Å². The Morgan fingerprint density at radius 1 is 1.09 bits per heavy atom. The predicted molar refractivity (Wildman–Crippen MR) is 130 cm³/mol. The number of anilines is 1. The van der Waals surface area contributed by atoms with Gasteiger partial charge in [-0.25, -0.2) is 0 Å². The van der Waals surface area contributed by atoms with Crippen molar-refractivity contribution in [2.75, 3.05) is 24.5 Å². The summed E-state index contributed by atoms with van der Waals surface area (Å²) in [5.74, 6) is -0.0281. The van der Waals surface area contributed by atoms with Crippen molar-refractivity contribution in [1.29, 1.82) is 0 Å². The van der Waals surface area contributed by atoms with E-state index < -0.39 is 0 Å². The average Bonchev–Trinajstić information content (AvgIpc) is 3.41. The van der Waals surface area contributed by atoms with E-state index in [0.717, 1.165) is 24.0 Å². The molecule has 0 saturated carbocycles. The minimum atomic E-state index is -0.0281. The molecule has 0 bridgehead atoms. The number of benzene rings is 2. The number of oxazole rings is 1. The Morgan fingerprint density at radius 3 is 2.67 bits per heavy atom. The van der Waals surface area contributed by atoms with Gasteiger partial charge < -0.3 is 14.2 Å². The molecule has 172 valence electrons. The first-order valence-corrected chi connectivity index (χ1v) is 11.0. The maximum absolute atomic E-state index is 13.6. The van der Waals surface area contributed by atoms with E-state index in [1.807, 2.05) is 36.1 Å². The molecule has 1 fully saturated rings. The molecule has 0 spiro atoms. The first-order chi connectivity index (χ1) is 15.5. The van der Waals surface area contributed by atoms with Crippen molar-refractivity contribution >= 4 is 47.0 Å². The first-order valence-electron chi connectivity index (χ1n) is 10.6. The van der Waals surface area contributed by atoms with Crippen LogP contribution in [0.5, 0.6) is 0 Å². The fourth-order valence-electron chi connectivity index (χ4n) is 4.07. The average molecular weight is 487 g/mol. The molecule has 4 aromatic rings. The molecular weight excluding hydrogens is 463 g/mol. The van der Waals surface area contributed by atoms with E-state index in [4.69, 9.17) is 16.0 Å². The number of halogens is 2. The van der Waals surface area contributed by atoms with E-state index >= 15 is 0 Å². The Kier molecular flexibility index (Phi) is 6.58. The van der Waals surface area contributed by atoms with Gasteiger partial charge >= 0.3 is 0 Å². The maximum Gasteiger partial charge on any atom is 0.298 e. The molecule has 5 rings (SSSR count). The van der Waals surface area contributed by atoms with E-state index in [2.05, 4.69) is 27.0 Å². The third kappa shape index (κ3) is 4.54. The Morgan fingerprint density at radius 2 is 1.88 bits per heavy atom. The zero-order valence-corrected chi connectivity index (χ0v) is 19.9. The molecule has 1 amide bonds. The summed E-state index contributed by atoms with van der Waals surface area (Å²) in [6, 6.07) is 11.8. The van der Waals surface area contributed by atoms with Crippen LogP contribution in [0, 0.1) is 6.92 Å². The highest BCUT2D eigenvalue weighted by Crippen LogP contribution is 2.27. The van der Waals surface area contributed by atoms with Gasteiger partial charge in [-0.15, -0.1) is 12.4 Å². The fourth-order valence-corrected chi connectivity index (χ4v) is 4.23. The van der Waals surface area contributed by atoms with Crippen molar-refractivity contribution in [3.8, 4) is 5.69 Å². The van der Waals surface area contributed by atoms with Gasteiger partial charge in [-0.2, -0.15) is 20.0 Å². The van der Waals surface area contributed by atoms with Crippen molar-refractivity contribution in [3.05, 3.63) is 64.9 Å². The van der Waals surface area contributed by atoms with Crippen LogP contribution >= 0.6 is 24.0 Å². The Hall–Kier alpha value is -3.10. The minimum Gasteiger partial charge on any atom is -0.423 e. The first kappa shape index (κ1) is 23.1. The minimum absolute atomic E-state index is 0. The summed E-state index contributed by atoms with van der Waals surface area (Å²) >= 11 is 6.08. The van der Waals surface area contributed by atoms with Crippen molar-refractivity contribution < 1.29 is 9.21 Å². The Balaban J connectivity index is 0.00000259. The third-order valence-electron chi connectivity index (χ3n) is 5.85. The molecule has 0 unspecified atom stereocenters.